The molecule has 2 N–H and O–H groups in total. The minimum absolute atomic E-state index is 0.0159. The average Bonchev–Trinajstić information content (AvgIpc) is 3.02. The first-order valence-electron chi connectivity index (χ1n) is 9.94. The summed E-state index contributed by atoms with van der Waals surface area (Å²) < 4.78 is 9.63. The second-order valence-electron chi connectivity index (χ2n) is 7.20. The molecule has 0 fully saturated rings. The fourth-order valence-electron chi connectivity index (χ4n) is 3.46. The monoisotopic (exact) mass is 463 g/mol. The second kappa shape index (κ2) is 8.75. The van der Waals surface area contributed by atoms with Crippen LogP contribution in [0.5, 0.6) is 11.6 Å². The van der Waals surface area contributed by atoms with Gasteiger partial charge in [-0.15, -0.1) is 0 Å². The van der Waals surface area contributed by atoms with E-state index in [1.807, 2.05) is 30.3 Å². The van der Waals surface area contributed by atoms with Gasteiger partial charge < -0.3 is 9.84 Å². The molecule has 2 heterocycles. The molecule has 0 bridgehead atoms. The van der Waals surface area contributed by atoms with Gasteiger partial charge in [-0.1, -0.05) is 18.2 Å². The number of nitrogens with one attached hydrogen (secondary N) is 1. The normalized spacial score (nSPS) is 11.2. The van der Waals surface area contributed by atoms with Crippen LogP contribution in [0.3, 0.4) is 0 Å². The zero-order valence-corrected chi connectivity index (χ0v) is 19.0. The summed E-state index contributed by atoms with van der Waals surface area (Å²) in [4.78, 5) is 32.4. The lowest BCUT2D eigenvalue weighted by molar-refractivity contribution is 0.414. The van der Waals surface area contributed by atoms with Crippen LogP contribution >= 0.6 is 12.2 Å². The van der Waals surface area contributed by atoms with Crippen LogP contribution in [0.2, 0.25) is 0 Å². The van der Waals surface area contributed by atoms with E-state index in [1.165, 1.54) is 15.5 Å². The Morgan fingerprint density at radius 3 is 2.36 bits per heavy atom. The van der Waals surface area contributed by atoms with E-state index in [0.717, 1.165) is 0 Å². The highest BCUT2D eigenvalue weighted by molar-refractivity contribution is 7.71. The Bertz CT molecular complexity index is 1530. The van der Waals surface area contributed by atoms with Gasteiger partial charge in [-0.3, -0.25) is 23.8 Å². The number of hydrogen-bond donors (Lipinski definition) is 2. The van der Waals surface area contributed by atoms with E-state index in [1.54, 1.807) is 50.0 Å². The van der Waals surface area contributed by atoms with E-state index < -0.39 is 11.4 Å². The number of aliphatic imine (C=N–C) groups is 1. The molecule has 4 aromatic rings. The Labute approximate surface area is 193 Å². The highest BCUT2D eigenvalue weighted by Gasteiger charge is 2.17. The number of benzene rings is 2. The lowest BCUT2D eigenvalue weighted by atomic mass is 10.2. The van der Waals surface area contributed by atoms with Crippen molar-refractivity contribution in [3.05, 3.63) is 91.3 Å². The van der Waals surface area contributed by atoms with E-state index in [9.17, 15) is 14.7 Å². The maximum Gasteiger partial charge on any atom is 0.297 e. The molecular formula is C23H21N5O4S. The predicted octanol–water partition coefficient (Wildman–Crippen LogP) is 3.16. The fourth-order valence-corrected chi connectivity index (χ4v) is 3.74. The summed E-state index contributed by atoms with van der Waals surface area (Å²) in [7, 11) is 3.29. The summed E-state index contributed by atoms with van der Waals surface area (Å²) in [5, 5.41) is 10.9. The van der Waals surface area contributed by atoms with E-state index >= 15 is 0 Å². The molecule has 0 atom stereocenters. The first kappa shape index (κ1) is 22.0. The molecule has 4 rings (SSSR count). The molecular weight excluding hydrogens is 442 g/mol. The van der Waals surface area contributed by atoms with Crippen molar-refractivity contribution < 1.29 is 9.84 Å². The summed E-state index contributed by atoms with van der Waals surface area (Å²) in [6, 6.07) is 15.9. The smallest absolute Gasteiger partial charge is 0.297 e. The third kappa shape index (κ3) is 3.92. The number of nitrogens with zero attached hydrogens (tertiary/aromatic N) is 4. The minimum atomic E-state index is -0.622. The number of aromatic nitrogens is 4. The minimum Gasteiger partial charge on any atom is -0.497 e. The standard InChI is InChI=1S/C23H21N5O4S/c1-14-19(22(31)28(26(14)2)16-7-5-4-6-8-16)24-13-18-20(29)25-23(33)27(21(18)30)15-9-11-17(32-3)12-10-15/h4-13,30H,1-3H3,(H,25,29,33). The molecule has 0 saturated carbocycles. The predicted molar refractivity (Wildman–Crippen MR) is 128 cm³/mol. The lowest BCUT2D eigenvalue weighted by Gasteiger charge is -2.11. The molecule has 0 radical (unpaired) electrons. The highest BCUT2D eigenvalue weighted by atomic mass is 32.1. The molecule has 0 unspecified atom stereocenters. The van der Waals surface area contributed by atoms with Gasteiger partial charge in [-0.2, -0.15) is 0 Å². The number of aromatic hydroxyl groups is 1. The first-order valence-corrected chi connectivity index (χ1v) is 10.3. The van der Waals surface area contributed by atoms with Crippen LogP contribution in [0.25, 0.3) is 11.4 Å². The maximum atomic E-state index is 13.1. The van der Waals surface area contributed by atoms with Gasteiger partial charge in [0.1, 0.15) is 11.3 Å². The number of ether oxygens (including phenoxy) is 1. The van der Waals surface area contributed by atoms with Crippen molar-refractivity contribution in [3.8, 4) is 23.0 Å². The van der Waals surface area contributed by atoms with Gasteiger partial charge in [0.25, 0.3) is 11.1 Å². The molecule has 2 aromatic carbocycles. The first-order chi connectivity index (χ1) is 15.8. The Morgan fingerprint density at radius 1 is 1.06 bits per heavy atom. The molecule has 9 nitrogen and oxygen atoms in total. The zero-order chi connectivity index (χ0) is 23.7. The third-order valence-electron chi connectivity index (χ3n) is 5.30. The van der Waals surface area contributed by atoms with E-state index in [2.05, 4.69) is 9.98 Å². The van der Waals surface area contributed by atoms with Crippen LogP contribution in [-0.4, -0.2) is 37.3 Å². The number of H-pyrrole nitrogens is 1. The number of rotatable bonds is 5. The lowest BCUT2D eigenvalue weighted by Crippen LogP contribution is -2.19. The van der Waals surface area contributed by atoms with Crippen molar-refractivity contribution in [3.63, 3.8) is 0 Å². The SMILES string of the molecule is COc1ccc(-n2c(O)c(C=Nc3c(C)n(C)n(-c4ccccc4)c3=O)c(=O)[nH]c2=S)cc1. The van der Waals surface area contributed by atoms with Gasteiger partial charge in [0, 0.05) is 13.3 Å². The number of methoxy groups -OCH3 is 1. The molecule has 10 heteroatoms. The van der Waals surface area contributed by atoms with Crippen LogP contribution in [0.1, 0.15) is 11.3 Å². The van der Waals surface area contributed by atoms with Crippen LogP contribution in [-0.2, 0) is 7.05 Å². The Kier molecular flexibility index (Phi) is 5.84. The van der Waals surface area contributed by atoms with Gasteiger partial charge in [-0.25, -0.2) is 9.67 Å². The van der Waals surface area contributed by atoms with Crippen LogP contribution in [0.15, 0.2) is 69.2 Å². The molecule has 0 saturated heterocycles. The number of para-hydroxylation sites is 1. The second-order valence-corrected chi connectivity index (χ2v) is 7.59. The van der Waals surface area contributed by atoms with Crippen LogP contribution in [0.4, 0.5) is 5.69 Å². The van der Waals surface area contributed by atoms with Crippen LogP contribution in [0, 0.1) is 11.7 Å². The number of aromatic amines is 1. The molecule has 0 aliphatic carbocycles. The Hall–Kier alpha value is -4.18. The van der Waals surface area contributed by atoms with Gasteiger partial charge in [0.05, 0.1) is 24.2 Å². The van der Waals surface area contributed by atoms with Gasteiger partial charge >= 0.3 is 0 Å². The van der Waals surface area contributed by atoms with Crippen LogP contribution < -0.4 is 15.9 Å². The molecule has 0 amide bonds. The molecule has 0 spiro atoms. The summed E-state index contributed by atoms with van der Waals surface area (Å²) in [5.74, 6) is 0.236. The van der Waals surface area contributed by atoms with Crippen molar-refractivity contribution in [2.75, 3.05) is 7.11 Å². The summed E-state index contributed by atoms with van der Waals surface area (Å²) in [6.07, 6.45) is 1.17. The zero-order valence-electron chi connectivity index (χ0n) is 18.1. The summed E-state index contributed by atoms with van der Waals surface area (Å²) in [6.45, 7) is 1.75. The summed E-state index contributed by atoms with van der Waals surface area (Å²) >= 11 is 5.24. The van der Waals surface area contributed by atoms with Gasteiger partial charge in [-0.05, 0) is 55.5 Å². The largest absolute Gasteiger partial charge is 0.497 e. The Balaban J connectivity index is 1.82. The summed E-state index contributed by atoms with van der Waals surface area (Å²) in [5.41, 5.74) is 0.847. The Morgan fingerprint density at radius 2 is 1.73 bits per heavy atom. The van der Waals surface area contributed by atoms with E-state index in [-0.39, 0.29) is 21.6 Å². The van der Waals surface area contributed by atoms with Crippen molar-refractivity contribution in [1.29, 1.82) is 0 Å². The van der Waals surface area contributed by atoms with Gasteiger partial charge in [0.2, 0.25) is 5.88 Å². The molecule has 0 aliphatic heterocycles. The highest BCUT2D eigenvalue weighted by Crippen LogP contribution is 2.22. The molecule has 33 heavy (non-hydrogen) atoms. The topological polar surface area (TPSA) is 107 Å². The average molecular weight is 464 g/mol. The molecule has 2 aromatic heterocycles. The van der Waals surface area contributed by atoms with Crippen molar-refractivity contribution in [2.24, 2.45) is 12.0 Å². The van der Waals surface area contributed by atoms with E-state index in [4.69, 9.17) is 17.0 Å². The third-order valence-corrected chi connectivity index (χ3v) is 5.58. The quantitative estimate of drug-likeness (QED) is 0.349. The fraction of sp³-hybridized carbons (Fsp3) is 0.130. The van der Waals surface area contributed by atoms with Crippen molar-refractivity contribution in [1.82, 2.24) is 18.9 Å². The van der Waals surface area contributed by atoms with Crippen molar-refractivity contribution in [2.45, 2.75) is 6.92 Å². The van der Waals surface area contributed by atoms with E-state index in [0.29, 0.717) is 22.8 Å². The molecule has 168 valence electrons. The number of hydrogen-bond acceptors (Lipinski definition) is 6. The van der Waals surface area contributed by atoms with Gasteiger partial charge in [0.15, 0.2) is 10.5 Å². The van der Waals surface area contributed by atoms with Crippen molar-refractivity contribution >= 4 is 24.1 Å². The maximum absolute atomic E-state index is 13.1. The molecule has 0 aliphatic rings.